The molecule has 4 heterocycles. The Bertz CT molecular complexity index is 4250. The maximum absolute atomic E-state index is 14.1. The molecular weight excluding hydrogens is 1340 g/mol. The molecule has 4 aliphatic rings. The Hall–Kier alpha value is -10.3. The molecule has 536 valence electrons. The third-order valence-corrected chi connectivity index (χ3v) is 19.4. The van der Waals surface area contributed by atoms with Crippen LogP contribution in [0.5, 0.6) is 11.5 Å². The molecule has 2 aliphatic heterocycles. The summed E-state index contributed by atoms with van der Waals surface area (Å²) < 4.78 is 12.3. The zero-order valence-corrected chi connectivity index (χ0v) is 55.2. The number of nitrogens with zero attached hydrogens (tertiary/aromatic N) is 5. The van der Waals surface area contributed by atoms with Gasteiger partial charge in [0.05, 0.1) is 83.2 Å². The van der Waals surface area contributed by atoms with Crippen LogP contribution in [-0.4, -0.2) is 204 Å². The van der Waals surface area contributed by atoms with E-state index in [1.54, 1.807) is 38.1 Å². The van der Waals surface area contributed by atoms with Crippen LogP contribution in [0.25, 0.3) is 11.2 Å². The van der Waals surface area contributed by atoms with Crippen molar-refractivity contribution in [2.24, 2.45) is 34.3 Å². The molecular formula is C66H74N12O22S. The van der Waals surface area contributed by atoms with E-state index in [1.807, 2.05) is 0 Å². The first-order valence-electron chi connectivity index (χ1n) is 32.1. The van der Waals surface area contributed by atoms with Gasteiger partial charge in [0.1, 0.15) is 17.5 Å². The Balaban J connectivity index is 0.735. The van der Waals surface area contributed by atoms with Crippen molar-refractivity contribution < 1.29 is 103 Å². The smallest absolute Gasteiger partial charge is 0.307 e. The monoisotopic (exact) mass is 1420 g/mol. The Morgan fingerprint density at radius 1 is 0.861 bits per heavy atom. The highest BCUT2D eigenvalue weighted by molar-refractivity contribution is 8.00. The average Bonchev–Trinajstić information content (AvgIpc) is 0.994. The van der Waals surface area contributed by atoms with Gasteiger partial charge in [-0.15, -0.1) is 11.8 Å². The highest BCUT2D eigenvalue weighted by Crippen LogP contribution is 2.51. The first kappa shape index (κ1) is 74.9. The van der Waals surface area contributed by atoms with Crippen LogP contribution in [-0.2, 0) is 71.9 Å². The van der Waals surface area contributed by atoms with Crippen molar-refractivity contribution in [2.75, 3.05) is 31.2 Å². The molecule has 3 aromatic carbocycles. The standard InChI is InChI=1S/C66H74N12O22S/c1-27-4-3-5-35-50(27)58(90)53-52(56(35)88)57(89)36-16-32(19-43(51(36)59(53)91)100-49-20-37(67)55(87)28(2)99-49)40(25-79)76-77-46(83)14-15-78-47(84)22-44(63(78)94)101-26-33(65(97)98)18-42(81)39(21-48(85)86)73-61(92)38(68)24-70-45(82)13-11-31(64(95)96)17-41(80)30-9-6-29(7-10-30)8-12-34-23-71-60-54(72-34)62(93)75-66(69)74-60/h3-7,9-10,23,28,31-33,37-39,43-44,49,55,79,87,89,91H,8,11-22,24-26,67-68H2,1-2H3,(H,70,82)(H,73,92)(H,77,83)(H,85,86)(H,95,96)(H,97,98)(H3,69,71,74,75,93)/b76-40-/t28?,31-,32+,33-,37+,38-,39-,43-,44?,49-,55+/m0/s1. The zero-order valence-electron chi connectivity index (χ0n) is 54.4. The lowest BCUT2D eigenvalue weighted by Crippen LogP contribution is -2.53. The van der Waals surface area contributed by atoms with Gasteiger partial charge in [-0.2, -0.15) is 10.1 Å². The molecule has 0 saturated carbocycles. The number of Topliss-reactive ketones (excluding diaryl/α,β-unsaturated/α-hetero) is 2. The van der Waals surface area contributed by atoms with Gasteiger partial charge in [0.2, 0.25) is 35.5 Å². The second-order valence-electron chi connectivity index (χ2n) is 25.0. The number of ether oxygens (including phenoxy) is 2. The number of thioether (sulfide) groups is 1. The number of nitrogens with one attached hydrogen (secondary N) is 4. The molecule has 2 aromatic heterocycles. The number of aliphatic hydroxyl groups is 2. The van der Waals surface area contributed by atoms with Crippen LogP contribution in [0.15, 0.2) is 58.6 Å². The summed E-state index contributed by atoms with van der Waals surface area (Å²) in [5.74, 6) is -17.5. The van der Waals surface area contributed by atoms with E-state index in [-0.39, 0.29) is 76.3 Å². The number of aromatic nitrogens is 4. The van der Waals surface area contributed by atoms with Gasteiger partial charge in [-0.3, -0.25) is 72.2 Å². The third kappa shape index (κ3) is 17.5. The van der Waals surface area contributed by atoms with Crippen LogP contribution in [0, 0.1) is 24.7 Å². The minimum atomic E-state index is -1.84. The number of imide groups is 1. The number of aromatic amines is 1. The van der Waals surface area contributed by atoms with Crippen molar-refractivity contribution in [3.8, 4) is 11.5 Å². The van der Waals surface area contributed by atoms with Crippen molar-refractivity contribution in [3.05, 3.63) is 115 Å². The normalized spacial score (nSPS) is 20.8. The number of carboxylic acids is 3. The molecule has 17 N–H and O–H groups in total. The minimum absolute atomic E-state index is 0.000615. The van der Waals surface area contributed by atoms with E-state index in [0.717, 1.165) is 10.5 Å². The number of H-pyrrole nitrogens is 1. The van der Waals surface area contributed by atoms with Crippen LogP contribution >= 0.6 is 11.8 Å². The highest BCUT2D eigenvalue weighted by Gasteiger charge is 2.46. The number of anilines is 1. The number of carboxylic acid groups (broad SMARTS) is 3. The average molecular weight is 1420 g/mol. The number of benzene rings is 3. The lowest BCUT2D eigenvalue weighted by Gasteiger charge is -2.40. The van der Waals surface area contributed by atoms with Gasteiger partial charge in [-0.1, -0.05) is 42.5 Å². The number of phenolic OH excluding ortho intramolecular Hbond substituents is 2. The number of aromatic hydroxyl groups is 2. The van der Waals surface area contributed by atoms with E-state index in [9.17, 15) is 98.1 Å². The molecule has 0 spiro atoms. The van der Waals surface area contributed by atoms with Crippen molar-refractivity contribution in [1.82, 2.24) is 40.9 Å². The molecule has 2 aliphatic carbocycles. The van der Waals surface area contributed by atoms with Crippen LogP contribution in [0.4, 0.5) is 5.95 Å². The summed E-state index contributed by atoms with van der Waals surface area (Å²) in [6.07, 6.45) is -6.42. The number of rotatable bonds is 31. The number of hydrogen-bond acceptors (Lipinski definition) is 27. The maximum Gasteiger partial charge on any atom is 0.307 e. The Labute approximate surface area is 577 Å². The van der Waals surface area contributed by atoms with Crippen LogP contribution in [0.3, 0.4) is 0 Å². The lowest BCUT2D eigenvalue weighted by atomic mass is 9.73. The number of nitrogens with two attached hydrogens (primary N) is 3. The Morgan fingerprint density at radius 2 is 1.57 bits per heavy atom. The predicted molar refractivity (Wildman–Crippen MR) is 353 cm³/mol. The summed E-state index contributed by atoms with van der Waals surface area (Å²) >= 11 is 0.697. The molecule has 5 amide bonds. The fourth-order valence-corrected chi connectivity index (χ4v) is 13.7. The second-order valence-corrected chi connectivity index (χ2v) is 26.3. The Morgan fingerprint density at radius 3 is 2.26 bits per heavy atom. The molecule has 2 unspecified atom stereocenters. The van der Waals surface area contributed by atoms with Gasteiger partial charge in [-0.25, -0.2) is 15.4 Å². The SMILES string of the molecule is Cc1cccc2c1C(=O)c1c(O)c3c(c(O)c1C2=O)C[C@@H](/C(CO)=N\NC(=O)CCN1C(=O)CC(SC[C@H](CC(=O)[C@H](CC(=O)O)NC(=O)[C@@H](N)CNC(=O)CC[C@@H](CC(=O)c2ccc(CCc4cnc5nc(N)[nH]c(=O)c5n4)cc2)C(=O)O)C(=O)O)C1=O)C[C@@H]3O[C@H]1C[C@@H](N)[C@H](O)C(C)O1. The summed E-state index contributed by atoms with van der Waals surface area (Å²) in [5.41, 5.74) is 20.5. The van der Waals surface area contributed by atoms with E-state index >= 15 is 0 Å². The van der Waals surface area contributed by atoms with Gasteiger partial charge >= 0.3 is 17.9 Å². The number of aryl methyl sites for hydroxylation is 3. The summed E-state index contributed by atoms with van der Waals surface area (Å²) in [7, 11) is 0. The number of hydrazone groups is 1. The van der Waals surface area contributed by atoms with Gasteiger partial charge in [0.15, 0.2) is 40.6 Å². The van der Waals surface area contributed by atoms with Crippen molar-refractivity contribution in [3.63, 3.8) is 0 Å². The molecule has 34 nitrogen and oxygen atoms in total. The van der Waals surface area contributed by atoms with Gasteiger partial charge < -0.3 is 73.1 Å². The van der Waals surface area contributed by atoms with Gasteiger partial charge in [0.25, 0.3) is 5.56 Å². The number of fused-ring (bicyclic) bond motifs is 4. The summed E-state index contributed by atoms with van der Waals surface area (Å²) in [5, 5.41) is 82.2. The number of amides is 5. The largest absolute Gasteiger partial charge is 0.507 e. The summed E-state index contributed by atoms with van der Waals surface area (Å²) in [4.78, 5) is 185. The fourth-order valence-electron chi connectivity index (χ4n) is 12.4. The molecule has 2 saturated heterocycles. The Kier molecular flexibility index (Phi) is 24.0. The number of aliphatic carboxylic acids is 3. The first-order valence-corrected chi connectivity index (χ1v) is 33.1. The van der Waals surface area contributed by atoms with Crippen LogP contribution in [0.2, 0.25) is 0 Å². The zero-order chi connectivity index (χ0) is 73.4. The topological polar surface area (TPSA) is 566 Å². The lowest BCUT2D eigenvalue weighted by molar-refractivity contribution is -0.242. The van der Waals surface area contributed by atoms with E-state index < -0.39 is 228 Å². The first-order chi connectivity index (χ1) is 47.9. The van der Waals surface area contributed by atoms with Gasteiger partial charge in [-0.05, 0) is 57.1 Å². The van der Waals surface area contributed by atoms with Crippen molar-refractivity contribution >= 4 is 105 Å². The van der Waals surface area contributed by atoms with E-state index in [0.29, 0.717) is 35.9 Å². The number of phenols is 2. The van der Waals surface area contributed by atoms with E-state index in [2.05, 4.69) is 41.1 Å². The number of nitrogen functional groups attached to an aromatic ring is 1. The molecule has 11 atom stereocenters. The van der Waals surface area contributed by atoms with Crippen LogP contribution < -0.4 is 38.8 Å². The van der Waals surface area contributed by atoms with E-state index in [1.165, 1.54) is 24.4 Å². The summed E-state index contributed by atoms with van der Waals surface area (Å²) in [6, 6.07) is 6.70. The molecule has 9 rings (SSSR count). The summed E-state index contributed by atoms with van der Waals surface area (Å²) in [6.45, 7) is 1.29. The molecule has 5 aromatic rings. The predicted octanol–water partition coefficient (Wildman–Crippen LogP) is -0.449. The molecule has 0 radical (unpaired) electrons. The quantitative estimate of drug-likeness (QED) is 0.00862. The third-order valence-electron chi connectivity index (χ3n) is 18.0. The van der Waals surface area contributed by atoms with Gasteiger partial charge in [0, 0.05) is 97.1 Å². The van der Waals surface area contributed by atoms with Crippen molar-refractivity contribution in [2.45, 2.75) is 139 Å². The fraction of sp³-hybridized carbons (Fsp3) is 0.439. The molecule has 35 heteroatoms. The number of carbonyl (C=O) groups excluding carboxylic acids is 9. The molecule has 0 bridgehead atoms. The number of aliphatic hydroxyl groups excluding tert-OH is 2. The number of ketones is 4. The maximum atomic E-state index is 14.1. The molecule has 2 fully saturated rings. The number of carbonyl (C=O) groups is 12. The van der Waals surface area contributed by atoms with Crippen LogP contribution in [0.1, 0.15) is 141 Å². The minimum Gasteiger partial charge on any atom is -0.507 e. The molecule has 101 heavy (non-hydrogen) atoms. The number of hydrogen-bond donors (Lipinski definition) is 14. The number of likely N-dealkylation sites (tertiary alicyclic amines) is 1. The highest BCUT2D eigenvalue weighted by atomic mass is 32.2. The second kappa shape index (κ2) is 32.4. The van der Waals surface area contributed by atoms with Crippen molar-refractivity contribution in [1.29, 1.82) is 0 Å². The van der Waals surface area contributed by atoms with E-state index in [4.69, 9.17) is 26.7 Å².